The molecule has 3 heterocycles. The second-order valence-corrected chi connectivity index (χ2v) is 7.24. The molecule has 1 atom stereocenters. The van der Waals surface area contributed by atoms with Gasteiger partial charge in [-0.2, -0.15) is 0 Å². The molecule has 1 aliphatic rings. The Hall–Kier alpha value is -2.80. The third-order valence-electron chi connectivity index (χ3n) is 4.94. The second kappa shape index (κ2) is 8.06. The van der Waals surface area contributed by atoms with Gasteiger partial charge in [-0.3, -0.25) is 9.78 Å². The lowest BCUT2D eigenvalue weighted by Crippen LogP contribution is -2.43. The quantitative estimate of drug-likeness (QED) is 0.728. The fourth-order valence-electron chi connectivity index (χ4n) is 3.44. The molecule has 1 unspecified atom stereocenters. The molecule has 4 rings (SSSR count). The molecule has 1 amide bonds. The van der Waals surface area contributed by atoms with Crippen molar-refractivity contribution in [1.82, 2.24) is 20.3 Å². The summed E-state index contributed by atoms with van der Waals surface area (Å²) in [5, 5.41) is 3.23. The summed E-state index contributed by atoms with van der Waals surface area (Å²) in [6.45, 7) is 1.75. The maximum Gasteiger partial charge on any atom is 0.225 e. The first-order chi connectivity index (χ1) is 13.6. The van der Waals surface area contributed by atoms with Crippen LogP contribution >= 0.6 is 11.6 Å². The smallest absolute Gasteiger partial charge is 0.225 e. The zero-order valence-corrected chi connectivity index (χ0v) is 15.9. The van der Waals surface area contributed by atoms with Crippen molar-refractivity contribution in [3.63, 3.8) is 0 Å². The highest BCUT2D eigenvalue weighted by atomic mass is 35.5. The number of rotatable bonds is 4. The summed E-state index contributed by atoms with van der Waals surface area (Å²) >= 11 is 6.03. The highest BCUT2D eigenvalue weighted by Gasteiger charge is 2.26. The summed E-state index contributed by atoms with van der Waals surface area (Å²) in [6, 6.07) is 6.13. The van der Waals surface area contributed by atoms with E-state index in [1.54, 1.807) is 24.7 Å². The lowest BCUT2D eigenvalue weighted by molar-refractivity contribution is -0.125. The number of benzene rings is 1. The van der Waals surface area contributed by atoms with Crippen LogP contribution in [0.15, 0.2) is 42.9 Å². The molecule has 1 N–H and O–H groups in total. The molecule has 2 aromatic heterocycles. The number of amides is 1. The standard InChI is InChI=1S/C20H19ClFN5O/c21-17-8-15(22)4-3-13(17)10-26-20(28)14-2-1-7-27(12-14)16-9-18-19(25-11-16)24-6-5-23-18/h3-6,8-9,11,14H,1-2,7,10,12H2,(H,26,28). The maximum atomic E-state index is 13.1. The number of nitrogens with one attached hydrogen (secondary N) is 1. The van der Waals surface area contributed by atoms with Crippen LogP contribution in [0.5, 0.6) is 0 Å². The zero-order chi connectivity index (χ0) is 19.5. The normalized spacial score (nSPS) is 16.9. The number of fused-ring (bicyclic) bond motifs is 1. The summed E-state index contributed by atoms with van der Waals surface area (Å²) in [6.07, 6.45) is 6.76. The number of carbonyl (C=O) groups is 1. The van der Waals surface area contributed by atoms with Crippen LogP contribution in [-0.2, 0) is 11.3 Å². The molecule has 3 aromatic rings. The number of piperidine rings is 1. The highest BCUT2D eigenvalue weighted by molar-refractivity contribution is 6.31. The van der Waals surface area contributed by atoms with E-state index in [1.807, 2.05) is 6.07 Å². The second-order valence-electron chi connectivity index (χ2n) is 6.83. The zero-order valence-electron chi connectivity index (χ0n) is 15.1. The van der Waals surface area contributed by atoms with E-state index in [1.165, 1.54) is 12.1 Å². The molecule has 0 bridgehead atoms. The average Bonchev–Trinajstić information content (AvgIpc) is 2.72. The minimum atomic E-state index is -0.392. The fraction of sp³-hybridized carbons (Fsp3) is 0.300. The van der Waals surface area contributed by atoms with Crippen LogP contribution < -0.4 is 10.2 Å². The lowest BCUT2D eigenvalue weighted by atomic mass is 9.96. The van der Waals surface area contributed by atoms with Gasteiger partial charge >= 0.3 is 0 Å². The number of pyridine rings is 1. The minimum absolute atomic E-state index is 0.0290. The van der Waals surface area contributed by atoms with Gasteiger partial charge in [-0.15, -0.1) is 0 Å². The van der Waals surface area contributed by atoms with Crippen molar-refractivity contribution < 1.29 is 9.18 Å². The fourth-order valence-corrected chi connectivity index (χ4v) is 3.67. The van der Waals surface area contributed by atoms with E-state index in [0.717, 1.165) is 30.6 Å². The summed E-state index contributed by atoms with van der Waals surface area (Å²) in [5.41, 5.74) is 2.97. The van der Waals surface area contributed by atoms with Gasteiger partial charge in [-0.25, -0.2) is 14.4 Å². The first kappa shape index (κ1) is 18.6. The molecule has 0 radical (unpaired) electrons. The van der Waals surface area contributed by atoms with Gasteiger partial charge in [0.15, 0.2) is 5.65 Å². The van der Waals surface area contributed by atoms with Gasteiger partial charge in [0.1, 0.15) is 11.3 Å². The molecule has 1 aromatic carbocycles. The molecular weight excluding hydrogens is 381 g/mol. The van der Waals surface area contributed by atoms with Crippen molar-refractivity contribution in [3.05, 3.63) is 59.3 Å². The van der Waals surface area contributed by atoms with E-state index >= 15 is 0 Å². The van der Waals surface area contributed by atoms with Crippen LogP contribution in [0, 0.1) is 11.7 Å². The van der Waals surface area contributed by atoms with Gasteiger partial charge in [0, 0.05) is 37.1 Å². The SMILES string of the molecule is O=C(NCc1ccc(F)cc1Cl)C1CCCN(c2cnc3nccnc3c2)C1. The molecule has 1 fully saturated rings. The van der Waals surface area contributed by atoms with Crippen molar-refractivity contribution >= 4 is 34.4 Å². The summed E-state index contributed by atoms with van der Waals surface area (Å²) in [7, 11) is 0. The van der Waals surface area contributed by atoms with Gasteiger partial charge in [-0.1, -0.05) is 17.7 Å². The molecule has 144 valence electrons. The van der Waals surface area contributed by atoms with Crippen LogP contribution in [-0.4, -0.2) is 33.9 Å². The molecule has 0 aliphatic carbocycles. The van der Waals surface area contributed by atoms with Crippen molar-refractivity contribution in [1.29, 1.82) is 0 Å². The van der Waals surface area contributed by atoms with Gasteiger partial charge < -0.3 is 10.2 Å². The Morgan fingerprint density at radius 3 is 2.96 bits per heavy atom. The van der Waals surface area contributed by atoms with E-state index < -0.39 is 5.82 Å². The predicted molar refractivity (Wildman–Crippen MR) is 106 cm³/mol. The summed E-state index contributed by atoms with van der Waals surface area (Å²) in [5.74, 6) is -0.555. The topological polar surface area (TPSA) is 71.0 Å². The minimum Gasteiger partial charge on any atom is -0.369 e. The number of halogens is 2. The number of hydrogen-bond acceptors (Lipinski definition) is 5. The largest absolute Gasteiger partial charge is 0.369 e. The van der Waals surface area contributed by atoms with Gasteiger partial charge in [0.05, 0.1) is 17.8 Å². The van der Waals surface area contributed by atoms with E-state index in [4.69, 9.17) is 11.6 Å². The molecule has 6 nitrogen and oxygen atoms in total. The van der Waals surface area contributed by atoms with E-state index in [2.05, 4.69) is 25.2 Å². The first-order valence-corrected chi connectivity index (χ1v) is 9.51. The van der Waals surface area contributed by atoms with Crippen LogP contribution in [0.3, 0.4) is 0 Å². The van der Waals surface area contributed by atoms with Crippen LogP contribution in [0.1, 0.15) is 18.4 Å². The molecule has 0 spiro atoms. The Labute approximate surface area is 166 Å². The number of carbonyl (C=O) groups excluding carboxylic acids is 1. The van der Waals surface area contributed by atoms with Crippen LogP contribution in [0.25, 0.3) is 11.2 Å². The van der Waals surface area contributed by atoms with Crippen molar-refractivity contribution in [2.75, 3.05) is 18.0 Å². The third-order valence-corrected chi connectivity index (χ3v) is 5.29. The maximum absolute atomic E-state index is 13.1. The molecule has 28 heavy (non-hydrogen) atoms. The molecule has 1 aliphatic heterocycles. The van der Waals surface area contributed by atoms with E-state index in [-0.39, 0.29) is 18.4 Å². The summed E-state index contributed by atoms with van der Waals surface area (Å²) < 4.78 is 13.1. The number of anilines is 1. The Morgan fingerprint density at radius 2 is 2.11 bits per heavy atom. The Kier molecular flexibility index (Phi) is 5.34. The number of aromatic nitrogens is 3. The lowest BCUT2D eigenvalue weighted by Gasteiger charge is -2.33. The molecular formula is C20H19ClFN5O. The third kappa shape index (κ3) is 4.04. The molecule has 0 saturated carbocycles. The average molecular weight is 400 g/mol. The Balaban J connectivity index is 1.41. The van der Waals surface area contributed by atoms with E-state index in [0.29, 0.717) is 22.8 Å². The monoisotopic (exact) mass is 399 g/mol. The van der Waals surface area contributed by atoms with Gasteiger partial charge in [0.2, 0.25) is 5.91 Å². The Bertz CT molecular complexity index is 1010. The van der Waals surface area contributed by atoms with Gasteiger partial charge in [-0.05, 0) is 36.6 Å². The van der Waals surface area contributed by atoms with Crippen molar-refractivity contribution in [3.8, 4) is 0 Å². The van der Waals surface area contributed by atoms with Crippen LogP contribution in [0.2, 0.25) is 5.02 Å². The predicted octanol–water partition coefficient (Wildman–Crippen LogP) is 3.35. The van der Waals surface area contributed by atoms with Crippen molar-refractivity contribution in [2.24, 2.45) is 5.92 Å². The molecule has 1 saturated heterocycles. The van der Waals surface area contributed by atoms with Crippen molar-refractivity contribution in [2.45, 2.75) is 19.4 Å². The Morgan fingerprint density at radius 1 is 1.25 bits per heavy atom. The van der Waals surface area contributed by atoms with Gasteiger partial charge in [0.25, 0.3) is 0 Å². The highest BCUT2D eigenvalue weighted by Crippen LogP contribution is 2.25. The number of hydrogen-bond donors (Lipinski definition) is 1. The molecule has 8 heteroatoms. The summed E-state index contributed by atoms with van der Waals surface area (Å²) in [4.78, 5) is 27.6. The number of nitrogens with zero attached hydrogens (tertiary/aromatic N) is 4. The first-order valence-electron chi connectivity index (χ1n) is 9.13. The van der Waals surface area contributed by atoms with Crippen LogP contribution in [0.4, 0.5) is 10.1 Å². The van der Waals surface area contributed by atoms with E-state index in [9.17, 15) is 9.18 Å².